The van der Waals surface area contributed by atoms with E-state index in [4.69, 9.17) is 4.74 Å². The van der Waals surface area contributed by atoms with Gasteiger partial charge in [0, 0.05) is 41.6 Å². The molecule has 1 fully saturated rings. The van der Waals surface area contributed by atoms with Crippen LogP contribution in [0.25, 0.3) is 10.9 Å². The smallest absolute Gasteiger partial charge is 0.0752 e. The number of aromatic nitrogens is 1. The summed E-state index contributed by atoms with van der Waals surface area (Å²) in [6.45, 7) is 7.17. The van der Waals surface area contributed by atoms with Crippen LogP contribution in [-0.4, -0.2) is 37.3 Å². The number of carboxylic acids is 1. The van der Waals surface area contributed by atoms with E-state index in [9.17, 15) is 9.90 Å². The van der Waals surface area contributed by atoms with Gasteiger partial charge in [-0.05, 0) is 49.7 Å². The summed E-state index contributed by atoms with van der Waals surface area (Å²) in [7, 11) is 0. The maximum atomic E-state index is 11.7. The molecule has 1 saturated heterocycles. The molecule has 6 nitrogen and oxygen atoms in total. The maximum absolute atomic E-state index is 11.7. The molecule has 0 amide bonds. The van der Waals surface area contributed by atoms with Crippen LogP contribution in [0.15, 0.2) is 42.6 Å². The number of aryl methyl sites for hydroxylation is 2. The molecule has 2 aromatic carbocycles. The molecule has 1 N–H and O–H groups in total. The normalized spacial score (nSPS) is 14.3. The van der Waals surface area contributed by atoms with Crippen LogP contribution in [0.5, 0.6) is 0 Å². The fraction of sp³-hybridized carbons (Fsp3) is 0.273. The summed E-state index contributed by atoms with van der Waals surface area (Å²) in [6.07, 6.45) is 1.37. The van der Waals surface area contributed by atoms with E-state index >= 15 is 0 Å². The standard InChI is InChI=1S/C22H23N3O3/c1-14-11-15(2)20-18(12-14)21(19(13-23-20)22(26)27)24-16-3-5-17(6-4-16)25-7-9-28-10-8-25/h3-6,11-13H,7-10H2,1-2H3,(H,23,24)(H,26,27)/p-1. The average Bonchev–Trinajstić information content (AvgIpc) is 2.69. The lowest BCUT2D eigenvalue weighted by Crippen LogP contribution is -2.36. The van der Waals surface area contributed by atoms with Gasteiger partial charge in [-0.25, -0.2) is 0 Å². The Balaban J connectivity index is 1.72. The largest absolute Gasteiger partial charge is 0.545 e. The number of nitrogens with zero attached hydrogens (tertiary/aromatic N) is 2. The quantitative estimate of drug-likeness (QED) is 0.754. The summed E-state index contributed by atoms with van der Waals surface area (Å²) < 4.78 is 5.40. The van der Waals surface area contributed by atoms with Crippen molar-refractivity contribution in [3.05, 3.63) is 59.3 Å². The Morgan fingerprint density at radius 1 is 1.14 bits per heavy atom. The highest BCUT2D eigenvalue weighted by molar-refractivity contribution is 6.05. The van der Waals surface area contributed by atoms with Gasteiger partial charge in [0.15, 0.2) is 0 Å². The van der Waals surface area contributed by atoms with Crippen LogP contribution in [0.1, 0.15) is 21.5 Å². The van der Waals surface area contributed by atoms with E-state index in [2.05, 4.69) is 15.2 Å². The van der Waals surface area contributed by atoms with Gasteiger partial charge >= 0.3 is 0 Å². The third kappa shape index (κ3) is 3.51. The van der Waals surface area contributed by atoms with Crippen LogP contribution in [0, 0.1) is 13.8 Å². The number of hydrogen-bond acceptors (Lipinski definition) is 6. The minimum atomic E-state index is -1.25. The number of carbonyl (C=O) groups excluding carboxylic acids is 1. The van der Waals surface area contributed by atoms with E-state index in [-0.39, 0.29) is 5.56 Å². The van der Waals surface area contributed by atoms with E-state index in [0.717, 1.165) is 59.7 Å². The van der Waals surface area contributed by atoms with Crippen LogP contribution in [0.3, 0.4) is 0 Å². The highest BCUT2D eigenvalue weighted by Gasteiger charge is 2.14. The topological polar surface area (TPSA) is 77.5 Å². The average molecular weight is 376 g/mol. The molecule has 1 aliphatic rings. The summed E-state index contributed by atoms with van der Waals surface area (Å²) in [4.78, 5) is 18.3. The number of aromatic carboxylic acids is 1. The summed E-state index contributed by atoms with van der Waals surface area (Å²) >= 11 is 0. The maximum Gasteiger partial charge on any atom is 0.0752 e. The van der Waals surface area contributed by atoms with Crippen molar-refractivity contribution in [2.45, 2.75) is 13.8 Å². The molecule has 0 saturated carbocycles. The van der Waals surface area contributed by atoms with Gasteiger partial charge in [0.25, 0.3) is 0 Å². The molecule has 0 spiro atoms. The second-order valence-electron chi connectivity index (χ2n) is 7.08. The minimum Gasteiger partial charge on any atom is -0.545 e. The fourth-order valence-electron chi connectivity index (χ4n) is 3.67. The van der Waals surface area contributed by atoms with Crippen molar-refractivity contribution >= 4 is 33.9 Å². The zero-order chi connectivity index (χ0) is 19.7. The van der Waals surface area contributed by atoms with E-state index in [0.29, 0.717) is 5.69 Å². The van der Waals surface area contributed by atoms with Gasteiger partial charge in [-0.1, -0.05) is 11.6 Å². The second-order valence-corrected chi connectivity index (χ2v) is 7.08. The Bertz CT molecular complexity index is 1030. The third-order valence-corrected chi connectivity index (χ3v) is 5.04. The van der Waals surface area contributed by atoms with E-state index in [1.807, 2.05) is 50.2 Å². The van der Waals surface area contributed by atoms with Gasteiger partial charge in [-0.3, -0.25) is 4.98 Å². The van der Waals surface area contributed by atoms with Crippen molar-refractivity contribution in [1.29, 1.82) is 0 Å². The van der Waals surface area contributed by atoms with E-state index < -0.39 is 5.97 Å². The Morgan fingerprint density at radius 2 is 1.86 bits per heavy atom. The number of carbonyl (C=O) groups is 1. The van der Waals surface area contributed by atoms with Crippen molar-refractivity contribution in [2.75, 3.05) is 36.5 Å². The zero-order valence-corrected chi connectivity index (χ0v) is 16.0. The number of pyridine rings is 1. The number of morpholine rings is 1. The van der Waals surface area contributed by atoms with E-state index in [1.54, 1.807) is 0 Å². The molecule has 6 heteroatoms. The van der Waals surface area contributed by atoms with Crippen LogP contribution in [0.4, 0.5) is 17.1 Å². The molecular formula is C22H22N3O3-. The SMILES string of the molecule is Cc1cc(C)c2ncc(C(=O)[O-])c(Nc3ccc(N4CCOCC4)cc3)c2c1. The molecule has 0 unspecified atom stereocenters. The number of rotatable bonds is 4. The predicted octanol–water partition coefficient (Wildman–Crippen LogP) is 2.80. The van der Waals surface area contributed by atoms with Crippen molar-refractivity contribution in [1.82, 2.24) is 4.98 Å². The van der Waals surface area contributed by atoms with Crippen LogP contribution in [-0.2, 0) is 4.74 Å². The Labute approximate surface area is 163 Å². The number of anilines is 3. The summed E-state index contributed by atoms with van der Waals surface area (Å²) in [6, 6.07) is 12.0. The number of benzene rings is 2. The summed E-state index contributed by atoms with van der Waals surface area (Å²) in [5.74, 6) is -1.25. The van der Waals surface area contributed by atoms with E-state index in [1.165, 1.54) is 6.20 Å². The van der Waals surface area contributed by atoms with Crippen LogP contribution >= 0.6 is 0 Å². The van der Waals surface area contributed by atoms with Crippen molar-refractivity contribution in [3.63, 3.8) is 0 Å². The van der Waals surface area contributed by atoms with Crippen molar-refractivity contribution in [3.8, 4) is 0 Å². The Kier molecular flexibility index (Phi) is 4.88. The van der Waals surface area contributed by atoms with Crippen molar-refractivity contribution in [2.24, 2.45) is 0 Å². The monoisotopic (exact) mass is 376 g/mol. The molecule has 1 aromatic heterocycles. The number of nitrogens with one attached hydrogen (secondary N) is 1. The van der Waals surface area contributed by atoms with Gasteiger partial charge < -0.3 is 24.9 Å². The highest BCUT2D eigenvalue weighted by atomic mass is 16.5. The van der Waals surface area contributed by atoms with Gasteiger partial charge in [-0.15, -0.1) is 0 Å². The molecule has 1 aliphatic heterocycles. The van der Waals surface area contributed by atoms with Gasteiger partial charge in [-0.2, -0.15) is 0 Å². The second kappa shape index (κ2) is 7.48. The zero-order valence-electron chi connectivity index (χ0n) is 16.0. The lowest BCUT2D eigenvalue weighted by molar-refractivity contribution is -0.254. The minimum absolute atomic E-state index is 0.0507. The molecule has 0 atom stereocenters. The Hall–Kier alpha value is -3.12. The lowest BCUT2D eigenvalue weighted by Gasteiger charge is -2.29. The van der Waals surface area contributed by atoms with Crippen LogP contribution < -0.4 is 15.3 Å². The highest BCUT2D eigenvalue weighted by Crippen LogP contribution is 2.32. The van der Waals surface area contributed by atoms with Gasteiger partial charge in [0.2, 0.25) is 0 Å². The third-order valence-electron chi connectivity index (χ3n) is 5.04. The van der Waals surface area contributed by atoms with Gasteiger partial charge in [0.1, 0.15) is 0 Å². The Morgan fingerprint density at radius 3 is 2.54 bits per heavy atom. The van der Waals surface area contributed by atoms with Crippen molar-refractivity contribution < 1.29 is 14.6 Å². The number of fused-ring (bicyclic) bond motifs is 1. The fourth-order valence-corrected chi connectivity index (χ4v) is 3.67. The summed E-state index contributed by atoms with van der Waals surface area (Å²) in [5, 5.41) is 15.7. The number of hydrogen-bond donors (Lipinski definition) is 1. The molecule has 144 valence electrons. The molecular weight excluding hydrogens is 354 g/mol. The molecule has 2 heterocycles. The molecule has 0 aliphatic carbocycles. The number of ether oxygens (including phenoxy) is 1. The first-order valence-corrected chi connectivity index (χ1v) is 9.34. The molecule has 0 bridgehead atoms. The molecule has 3 aromatic rings. The molecule has 4 rings (SSSR count). The molecule has 0 radical (unpaired) electrons. The first-order chi connectivity index (χ1) is 13.5. The summed E-state index contributed by atoms with van der Waals surface area (Å²) in [5.41, 5.74) is 5.33. The number of carboxylic acid groups (broad SMARTS) is 1. The predicted molar refractivity (Wildman–Crippen MR) is 108 cm³/mol. The first-order valence-electron chi connectivity index (χ1n) is 9.34. The lowest BCUT2D eigenvalue weighted by atomic mass is 10.0. The first kappa shape index (κ1) is 18.3. The molecule has 28 heavy (non-hydrogen) atoms. The van der Waals surface area contributed by atoms with Gasteiger partial charge in [0.05, 0.1) is 30.4 Å². The van der Waals surface area contributed by atoms with Crippen LogP contribution in [0.2, 0.25) is 0 Å².